The number of halogens is 3. The lowest BCUT2D eigenvalue weighted by atomic mass is 10.0. The Hall–Kier alpha value is -1.86. The van der Waals surface area contributed by atoms with Crippen molar-refractivity contribution in [3.8, 4) is 0 Å². The lowest BCUT2D eigenvalue weighted by Gasteiger charge is -2.36. The highest BCUT2D eigenvalue weighted by atomic mass is 19.4. The molecule has 0 saturated carbocycles. The zero-order valence-corrected chi connectivity index (χ0v) is 9.53. The number of hydrogen-bond acceptors (Lipinski definition) is 4. The van der Waals surface area contributed by atoms with Gasteiger partial charge in [-0.2, -0.15) is 13.2 Å². The molecule has 3 rings (SSSR count). The molecule has 0 spiro atoms. The van der Waals surface area contributed by atoms with Crippen molar-refractivity contribution >= 4 is 16.6 Å². The van der Waals surface area contributed by atoms with Crippen LogP contribution in [0.5, 0.6) is 0 Å². The average Bonchev–Trinajstić information content (AvgIpc) is 2.37. The Morgan fingerprint density at radius 1 is 1.32 bits per heavy atom. The van der Waals surface area contributed by atoms with Gasteiger partial charge in [-0.1, -0.05) is 18.2 Å². The first-order chi connectivity index (χ1) is 8.93. The van der Waals surface area contributed by atoms with Crippen LogP contribution in [-0.2, 0) is 10.5 Å². The lowest BCUT2D eigenvalue weighted by molar-refractivity contribution is -0.375. The van der Waals surface area contributed by atoms with E-state index in [2.05, 4.69) is 15.0 Å². The van der Waals surface area contributed by atoms with Gasteiger partial charge >= 0.3 is 6.18 Å². The van der Waals surface area contributed by atoms with Crippen molar-refractivity contribution in [1.29, 1.82) is 0 Å². The predicted octanol–water partition coefficient (Wildman–Crippen LogP) is 2.34. The topological polar surface area (TPSA) is 54.4 Å². The minimum absolute atomic E-state index is 0.191. The molecule has 0 aliphatic carbocycles. The van der Waals surface area contributed by atoms with E-state index in [-0.39, 0.29) is 5.69 Å². The molecule has 19 heavy (non-hydrogen) atoms. The molecule has 0 radical (unpaired) electrons. The highest BCUT2D eigenvalue weighted by molar-refractivity contribution is 5.93. The molecule has 2 N–H and O–H groups in total. The van der Waals surface area contributed by atoms with Gasteiger partial charge in [0.05, 0.1) is 16.8 Å². The Balaban J connectivity index is 2.30. The predicted molar refractivity (Wildman–Crippen MR) is 61.3 cm³/mol. The zero-order valence-electron chi connectivity index (χ0n) is 9.53. The number of rotatable bonds is 0. The van der Waals surface area contributed by atoms with Crippen molar-refractivity contribution < 1.29 is 23.0 Å². The number of aromatic nitrogens is 1. The fourth-order valence-electron chi connectivity index (χ4n) is 2.11. The number of nitrogens with one attached hydrogen (secondary N) is 1. The average molecular weight is 270 g/mol. The Bertz CT molecular complexity index is 644. The molecule has 0 bridgehead atoms. The van der Waals surface area contributed by atoms with Gasteiger partial charge in [0.1, 0.15) is 6.73 Å². The summed E-state index contributed by atoms with van der Waals surface area (Å²) in [6.07, 6.45) is -3.95. The van der Waals surface area contributed by atoms with Crippen LogP contribution in [0.25, 0.3) is 10.9 Å². The van der Waals surface area contributed by atoms with Gasteiger partial charge in [-0.25, -0.2) is 0 Å². The van der Waals surface area contributed by atoms with Gasteiger partial charge < -0.3 is 15.2 Å². The highest BCUT2D eigenvalue weighted by Crippen LogP contribution is 2.46. The van der Waals surface area contributed by atoms with Crippen molar-refractivity contribution in [3.05, 3.63) is 36.0 Å². The van der Waals surface area contributed by atoms with Gasteiger partial charge in [-0.15, -0.1) is 0 Å². The molecule has 0 amide bonds. The number of nitrogens with zero attached hydrogens (tertiary/aromatic N) is 1. The van der Waals surface area contributed by atoms with E-state index in [0.717, 1.165) is 6.20 Å². The molecule has 4 nitrogen and oxygen atoms in total. The largest absolute Gasteiger partial charge is 0.448 e. The molecule has 100 valence electrons. The van der Waals surface area contributed by atoms with Gasteiger partial charge in [0, 0.05) is 11.6 Å². The first-order valence-corrected chi connectivity index (χ1v) is 5.48. The van der Waals surface area contributed by atoms with E-state index in [1.165, 1.54) is 0 Å². The molecule has 1 aliphatic rings. The molecule has 2 heterocycles. The quantitative estimate of drug-likeness (QED) is 0.771. The first kappa shape index (κ1) is 12.2. The summed E-state index contributed by atoms with van der Waals surface area (Å²) in [7, 11) is 0. The maximum atomic E-state index is 13.0. The Morgan fingerprint density at radius 2 is 2.05 bits per heavy atom. The SMILES string of the molecule is OC1(C(F)(F)F)OCNc2c1cnc1ccccc21. The van der Waals surface area contributed by atoms with Gasteiger partial charge in [0.2, 0.25) is 0 Å². The third-order valence-electron chi connectivity index (χ3n) is 3.05. The number of hydrogen-bond donors (Lipinski definition) is 2. The van der Waals surface area contributed by atoms with Crippen LogP contribution in [0.3, 0.4) is 0 Å². The van der Waals surface area contributed by atoms with E-state index >= 15 is 0 Å². The fraction of sp³-hybridized carbons (Fsp3) is 0.250. The molecule has 2 aromatic rings. The lowest BCUT2D eigenvalue weighted by Crippen LogP contribution is -2.48. The van der Waals surface area contributed by atoms with Crippen LogP contribution in [0.15, 0.2) is 30.5 Å². The van der Waals surface area contributed by atoms with Crippen LogP contribution < -0.4 is 5.32 Å². The van der Waals surface area contributed by atoms with Crippen LogP contribution >= 0.6 is 0 Å². The van der Waals surface area contributed by atoms with Crippen molar-refractivity contribution in [2.75, 3.05) is 12.0 Å². The molecule has 7 heteroatoms. The number of alkyl halides is 3. The minimum atomic E-state index is -4.94. The standard InChI is InChI=1S/C12H9F3N2O2/c13-12(14,15)11(18)8-5-16-9-4-2-1-3-7(9)10(8)17-6-19-11/h1-5,17-18H,6H2. The molecular formula is C12H9F3N2O2. The summed E-state index contributed by atoms with van der Waals surface area (Å²) in [5, 5.41) is 13.0. The van der Waals surface area contributed by atoms with E-state index < -0.39 is 24.3 Å². The fourth-order valence-corrected chi connectivity index (χ4v) is 2.11. The van der Waals surface area contributed by atoms with Gasteiger partial charge in [-0.05, 0) is 6.07 Å². The monoisotopic (exact) mass is 270 g/mol. The van der Waals surface area contributed by atoms with Crippen LogP contribution in [0, 0.1) is 0 Å². The van der Waals surface area contributed by atoms with Gasteiger partial charge in [0.25, 0.3) is 5.79 Å². The summed E-state index contributed by atoms with van der Waals surface area (Å²) in [6, 6.07) is 6.74. The molecule has 0 fully saturated rings. The maximum Gasteiger partial charge on any atom is 0.448 e. The van der Waals surface area contributed by atoms with Crippen molar-refractivity contribution in [2.24, 2.45) is 0 Å². The Kier molecular flexibility index (Phi) is 2.45. The van der Waals surface area contributed by atoms with Crippen molar-refractivity contribution in [3.63, 3.8) is 0 Å². The van der Waals surface area contributed by atoms with Crippen LogP contribution in [0.1, 0.15) is 5.56 Å². The summed E-state index contributed by atoms with van der Waals surface area (Å²) >= 11 is 0. The van der Waals surface area contributed by atoms with E-state index in [4.69, 9.17) is 0 Å². The van der Waals surface area contributed by atoms with E-state index in [1.54, 1.807) is 24.3 Å². The molecule has 1 atom stereocenters. The summed E-state index contributed by atoms with van der Waals surface area (Å²) in [4.78, 5) is 3.92. The number of benzene rings is 1. The molecule has 1 unspecified atom stereocenters. The Morgan fingerprint density at radius 3 is 2.79 bits per heavy atom. The van der Waals surface area contributed by atoms with Gasteiger partial charge in [-0.3, -0.25) is 4.98 Å². The van der Waals surface area contributed by atoms with Crippen LogP contribution in [0.4, 0.5) is 18.9 Å². The number of para-hydroxylation sites is 1. The molecule has 1 aromatic heterocycles. The third-order valence-corrected chi connectivity index (χ3v) is 3.05. The Labute approximate surface area is 105 Å². The normalized spacial score (nSPS) is 22.9. The maximum absolute atomic E-state index is 13.0. The number of fused-ring (bicyclic) bond motifs is 3. The van der Waals surface area contributed by atoms with Crippen LogP contribution in [-0.4, -0.2) is 23.0 Å². The van der Waals surface area contributed by atoms with Crippen molar-refractivity contribution in [2.45, 2.75) is 12.0 Å². The second-order valence-corrected chi connectivity index (χ2v) is 4.17. The second kappa shape index (κ2) is 3.82. The number of anilines is 1. The highest BCUT2D eigenvalue weighted by Gasteiger charge is 2.59. The summed E-state index contributed by atoms with van der Waals surface area (Å²) in [5.41, 5.74) is 0.307. The van der Waals surface area contributed by atoms with E-state index in [1.807, 2.05) is 0 Å². The molecule has 0 saturated heterocycles. The third kappa shape index (κ3) is 1.66. The van der Waals surface area contributed by atoms with Gasteiger partial charge in [0.15, 0.2) is 0 Å². The van der Waals surface area contributed by atoms with E-state index in [0.29, 0.717) is 10.9 Å². The molecule has 1 aromatic carbocycles. The smallest absolute Gasteiger partial charge is 0.362 e. The summed E-state index contributed by atoms with van der Waals surface area (Å²) in [6.45, 7) is -0.434. The molecular weight excluding hydrogens is 261 g/mol. The zero-order chi connectivity index (χ0) is 13.7. The van der Waals surface area contributed by atoms with Crippen LogP contribution in [0.2, 0.25) is 0 Å². The summed E-state index contributed by atoms with van der Waals surface area (Å²) < 4.78 is 43.4. The number of aliphatic hydroxyl groups is 1. The number of ether oxygens (including phenoxy) is 1. The van der Waals surface area contributed by atoms with E-state index in [9.17, 15) is 18.3 Å². The number of pyridine rings is 1. The minimum Gasteiger partial charge on any atom is -0.362 e. The second-order valence-electron chi connectivity index (χ2n) is 4.17. The summed E-state index contributed by atoms with van der Waals surface area (Å²) in [5.74, 6) is -3.33. The molecule has 1 aliphatic heterocycles. The van der Waals surface area contributed by atoms with Crippen molar-refractivity contribution in [1.82, 2.24) is 4.98 Å². The first-order valence-electron chi connectivity index (χ1n) is 5.48.